The number of methoxy groups -OCH3 is 3. The fourth-order valence-electron chi connectivity index (χ4n) is 4.21. The fraction of sp³-hybridized carbons (Fsp3) is 0.458. The molecule has 1 aliphatic rings. The summed E-state index contributed by atoms with van der Waals surface area (Å²) in [6, 6.07) is 10.2. The molecule has 3 aromatic rings. The maximum atomic E-state index is 5.76. The molecule has 0 saturated carbocycles. The highest BCUT2D eigenvalue weighted by atomic mass is 32.2. The quantitative estimate of drug-likeness (QED) is 0.466. The lowest BCUT2D eigenvalue weighted by molar-refractivity contribution is 0.0699. The van der Waals surface area contributed by atoms with Crippen LogP contribution in [-0.4, -0.2) is 57.0 Å². The molecule has 7 nitrogen and oxygen atoms in total. The molecule has 0 aliphatic carbocycles. The molecule has 32 heavy (non-hydrogen) atoms. The highest BCUT2D eigenvalue weighted by Gasteiger charge is 2.22. The van der Waals surface area contributed by atoms with Crippen LogP contribution in [-0.2, 0) is 16.1 Å². The van der Waals surface area contributed by atoms with Crippen molar-refractivity contribution in [2.75, 3.05) is 52.7 Å². The number of thioether (sulfide) groups is 1. The van der Waals surface area contributed by atoms with Crippen molar-refractivity contribution in [3.05, 3.63) is 35.9 Å². The van der Waals surface area contributed by atoms with E-state index < -0.39 is 0 Å². The molecule has 172 valence electrons. The van der Waals surface area contributed by atoms with Crippen LogP contribution in [0.2, 0.25) is 0 Å². The van der Waals surface area contributed by atoms with E-state index in [9.17, 15) is 0 Å². The van der Waals surface area contributed by atoms with Gasteiger partial charge in [-0.1, -0.05) is 6.07 Å². The zero-order valence-corrected chi connectivity index (χ0v) is 20.0. The van der Waals surface area contributed by atoms with Gasteiger partial charge in [-0.15, -0.1) is 11.8 Å². The van der Waals surface area contributed by atoms with Crippen molar-refractivity contribution in [3.8, 4) is 22.8 Å². The van der Waals surface area contributed by atoms with E-state index in [1.54, 1.807) is 33.1 Å². The summed E-state index contributed by atoms with van der Waals surface area (Å²) >= 11 is 1.64. The number of fused-ring (bicyclic) bond motifs is 1. The first-order valence-electron chi connectivity index (χ1n) is 10.8. The van der Waals surface area contributed by atoms with E-state index >= 15 is 0 Å². The number of anilines is 1. The molecule has 0 amide bonds. The molecule has 0 spiro atoms. The molecule has 2 aromatic heterocycles. The van der Waals surface area contributed by atoms with E-state index in [0.717, 1.165) is 77.2 Å². The number of rotatable bonds is 9. The van der Waals surface area contributed by atoms with Gasteiger partial charge in [0, 0.05) is 26.9 Å². The summed E-state index contributed by atoms with van der Waals surface area (Å²) in [6.07, 6.45) is 4.24. The van der Waals surface area contributed by atoms with Crippen molar-refractivity contribution >= 4 is 23.0 Å². The molecule has 1 aromatic carbocycles. The third-order valence-electron chi connectivity index (χ3n) is 5.86. The summed E-state index contributed by atoms with van der Waals surface area (Å²) in [5.74, 6) is 2.06. The fourth-order valence-corrected chi connectivity index (χ4v) is 4.76. The maximum absolute atomic E-state index is 5.76. The predicted octanol–water partition coefficient (Wildman–Crippen LogP) is 4.73. The largest absolute Gasteiger partial charge is 0.496 e. The minimum Gasteiger partial charge on any atom is -0.496 e. The normalized spacial score (nSPS) is 14.6. The van der Waals surface area contributed by atoms with Gasteiger partial charge < -0.3 is 24.3 Å². The minimum atomic E-state index is 0.482. The smallest absolute Gasteiger partial charge is 0.142 e. The number of nitrogens with zero attached hydrogens (tertiary/aromatic N) is 2. The Morgan fingerprint density at radius 1 is 1.12 bits per heavy atom. The summed E-state index contributed by atoms with van der Waals surface area (Å²) in [5, 5.41) is 9.59. The van der Waals surface area contributed by atoms with Gasteiger partial charge >= 0.3 is 0 Å². The average molecular weight is 458 g/mol. The molecule has 0 unspecified atom stereocenters. The van der Waals surface area contributed by atoms with Crippen LogP contribution in [0.3, 0.4) is 0 Å². The Hall–Kier alpha value is -2.42. The van der Waals surface area contributed by atoms with E-state index in [2.05, 4.69) is 23.7 Å². The predicted molar refractivity (Wildman–Crippen MR) is 128 cm³/mol. The SMILES string of the molecule is COCc1cc(OC)c(-c2cccc3c(NCC4CCOCC4)c(SC)nn23)c(OC)c1. The van der Waals surface area contributed by atoms with Gasteiger partial charge in [0.15, 0.2) is 0 Å². The van der Waals surface area contributed by atoms with E-state index in [4.69, 9.17) is 24.0 Å². The van der Waals surface area contributed by atoms with Crippen molar-refractivity contribution < 1.29 is 18.9 Å². The number of benzene rings is 1. The summed E-state index contributed by atoms with van der Waals surface area (Å²) in [4.78, 5) is 0. The van der Waals surface area contributed by atoms with Gasteiger partial charge in [0.05, 0.1) is 43.3 Å². The van der Waals surface area contributed by atoms with Crippen LogP contribution < -0.4 is 14.8 Å². The van der Waals surface area contributed by atoms with Gasteiger partial charge in [0.1, 0.15) is 16.5 Å². The van der Waals surface area contributed by atoms with Gasteiger partial charge in [-0.3, -0.25) is 0 Å². The molecule has 3 heterocycles. The topological polar surface area (TPSA) is 66.2 Å². The molecule has 0 bridgehead atoms. The number of hydrogen-bond acceptors (Lipinski definition) is 7. The second kappa shape index (κ2) is 10.5. The third-order valence-corrected chi connectivity index (χ3v) is 6.53. The lowest BCUT2D eigenvalue weighted by Gasteiger charge is -2.22. The lowest BCUT2D eigenvalue weighted by atomic mass is 10.0. The van der Waals surface area contributed by atoms with Gasteiger partial charge in [-0.25, -0.2) is 4.52 Å². The van der Waals surface area contributed by atoms with E-state index in [0.29, 0.717) is 12.5 Å². The molecule has 4 rings (SSSR count). The maximum Gasteiger partial charge on any atom is 0.142 e. The molecule has 1 aliphatic heterocycles. The first-order valence-corrected chi connectivity index (χ1v) is 12.0. The lowest BCUT2D eigenvalue weighted by Crippen LogP contribution is -2.22. The third kappa shape index (κ3) is 4.53. The highest BCUT2D eigenvalue weighted by Crippen LogP contribution is 2.41. The number of nitrogens with one attached hydrogen (secondary N) is 1. The van der Waals surface area contributed by atoms with Crippen molar-refractivity contribution in [2.45, 2.75) is 24.5 Å². The van der Waals surface area contributed by atoms with Crippen molar-refractivity contribution in [2.24, 2.45) is 5.92 Å². The van der Waals surface area contributed by atoms with Gasteiger partial charge in [-0.2, -0.15) is 5.10 Å². The number of ether oxygens (including phenoxy) is 4. The van der Waals surface area contributed by atoms with Crippen molar-refractivity contribution in [3.63, 3.8) is 0 Å². The Balaban J connectivity index is 1.78. The number of pyridine rings is 1. The Bertz CT molecular complexity index is 1040. The molecular weight excluding hydrogens is 426 g/mol. The zero-order chi connectivity index (χ0) is 22.5. The second-order valence-electron chi connectivity index (χ2n) is 7.84. The van der Waals surface area contributed by atoms with E-state index in [1.165, 1.54) is 0 Å². The van der Waals surface area contributed by atoms with Gasteiger partial charge in [0.2, 0.25) is 0 Å². The van der Waals surface area contributed by atoms with Gasteiger partial charge in [0.25, 0.3) is 0 Å². The van der Waals surface area contributed by atoms with Crippen molar-refractivity contribution in [1.29, 1.82) is 0 Å². The monoisotopic (exact) mass is 457 g/mol. The van der Waals surface area contributed by atoms with Crippen LogP contribution in [0.25, 0.3) is 16.8 Å². The van der Waals surface area contributed by atoms with Crippen LogP contribution in [0, 0.1) is 5.92 Å². The summed E-state index contributed by atoms with van der Waals surface area (Å²) in [5.41, 5.74) is 4.87. The van der Waals surface area contributed by atoms with E-state index in [1.807, 2.05) is 22.7 Å². The Morgan fingerprint density at radius 2 is 1.84 bits per heavy atom. The molecule has 1 fully saturated rings. The van der Waals surface area contributed by atoms with E-state index in [-0.39, 0.29) is 0 Å². The Kier molecular flexibility index (Phi) is 7.44. The van der Waals surface area contributed by atoms with Crippen LogP contribution in [0.4, 0.5) is 5.69 Å². The average Bonchev–Trinajstić information content (AvgIpc) is 3.21. The first-order chi connectivity index (χ1) is 15.7. The van der Waals surface area contributed by atoms with Gasteiger partial charge in [-0.05, 0) is 54.8 Å². The standard InChI is InChI=1S/C24H31N3O4S/c1-28-15-17-12-20(29-2)22(21(13-17)30-3)18-6-5-7-19-23(24(32-4)26-27(18)19)25-14-16-8-10-31-11-9-16/h5-7,12-13,16,25H,8-11,14-15H2,1-4H3. The van der Waals surface area contributed by atoms with Crippen LogP contribution in [0.1, 0.15) is 18.4 Å². The molecule has 8 heteroatoms. The summed E-state index contributed by atoms with van der Waals surface area (Å²) in [7, 11) is 5.02. The summed E-state index contributed by atoms with van der Waals surface area (Å²) in [6.45, 7) is 3.09. The molecule has 0 atom stereocenters. The highest BCUT2D eigenvalue weighted by molar-refractivity contribution is 7.98. The Morgan fingerprint density at radius 3 is 2.47 bits per heavy atom. The number of hydrogen-bond donors (Lipinski definition) is 1. The zero-order valence-electron chi connectivity index (χ0n) is 19.1. The molecular formula is C24H31N3O4S. The Labute approximate surface area is 193 Å². The molecule has 1 saturated heterocycles. The summed E-state index contributed by atoms with van der Waals surface area (Å²) < 4.78 is 24.3. The van der Waals surface area contributed by atoms with Crippen LogP contribution in [0.5, 0.6) is 11.5 Å². The molecule has 0 radical (unpaired) electrons. The van der Waals surface area contributed by atoms with Crippen molar-refractivity contribution in [1.82, 2.24) is 9.61 Å². The second-order valence-corrected chi connectivity index (χ2v) is 8.63. The minimum absolute atomic E-state index is 0.482. The molecule has 1 N–H and O–H groups in total. The van der Waals surface area contributed by atoms with Crippen LogP contribution >= 0.6 is 11.8 Å². The number of aromatic nitrogens is 2. The van der Waals surface area contributed by atoms with Crippen LogP contribution in [0.15, 0.2) is 35.4 Å². The first kappa shape index (κ1) is 22.8.